The van der Waals surface area contributed by atoms with E-state index in [2.05, 4.69) is 24.5 Å². The molecule has 11 heteroatoms. The van der Waals surface area contributed by atoms with Gasteiger partial charge in [-0.25, -0.2) is 19.4 Å². The van der Waals surface area contributed by atoms with Gasteiger partial charge in [0.2, 0.25) is 11.9 Å². The zero-order valence-corrected chi connectivity index (χ0v) is 19.5. The molecule has 184 valence electrons. The highest BCUT2D eigenvalue weighted by molar-refractivity contribution is 6.00. The molecular weight excluding hydrogens is 457 g/mol. The van der Waals surface area contributed by atoms with E-state index < -0.39 is 29.4 Å². The number of benzene rings is 1. The molecule has 1 aromatic heterocycles. The van der Waals surface area contributed by atoms with Gasteiger partial charge in [-0.2, -0.15) is 5.10 Å². The van der Waals surface area contributed by atoms with E-state index in [9.17, 15) is 18.8 Å². The van der Waals surface area contributed by atoms with Gasteiger partial charge in [-0.1, -0.05) is 30.3 Å². The van der Waals surface area contributed by atoms with Gasteiger partial charge < -0.3 is 14.4 Å². The third-order valence-electron chi connectivity index (χ3n) is 6.27. The number of hydrogen-bond donors (Lipinski definition) is 0. The minimum Gasteiger partial charge on any atom is -0.468 e. The zero-order chi connectivity index (χ0) is 24.9. The number of halogens is 1. The van der Waals surface area contributed by atoms with Crippen molar-refractivity contribution in [2.45, 2.75) is 31.2 Å². The molecule has 0 aliphatic carbocycles. The number of aromatic nitrogens is 2. The smallest absolute Gasteiger partial charge is 0.326 e. The number of carbonyl (C=O) groups is 3. The topological polar surface area (TPSA) is 114 Å². The predicted octanol–water partition coefficient (Wildman–Crippen LogP) is 2.22. The van der Waals surface area contributed by atoms with Crippen LogP contribution < -0.4 is 4.90 Å². The molecule has 0 radical (unpaired) electrons. The summed E-state index contributed by atoms with van der Waals surface area (Å²) in [5.74, 6) is -4.65. The summed E-state index contributed by atoms with van der Waals surface area (Å²) in [6.07, 6.45) is 4.40. The molecule has 2 aromatic rings. The average molecular weight is 484 g/mol. The lowest BCUT2D eigenvalue weighted by Gasteiger charge is -2.34. The summed E-state index contributed by atoms with van der Waals surface area (Å²) in [4.78, 5) is 47.4. The van der Waals surface area contributed by atoms with Crippen LogP contribution in [0.4, 0.5) is 10.3 Å². The molecule has 1 amide bonds. The van der Waals surface area contributed by atoms with Gasteiger partial charge in [-0.3, -0.25) is 14.4 Å². The average Bonchev–Trinajstić information content (AvgIpc) is 3.40. The second kappa shape index (κ2) is 10.6. The fourth-order valence-corrected chi connectivity index (χ4v) is 4.37. The number of amides is 1. The van der Waals surface area contributed by atoms with Crippen molar-refractivity contribution in [1.82, 2.24) is 15.0 Å². The van der Waals surface area contributed by atoms with E-state index in [1.54, 1.807) is 16.1 Å². The van der Waals surface area contributed by atoms with Crippen molar-refractivity contribution in [3.63, 3.8) is 0 Å². The first-order valence-corrected chi connectivity index (χ1v) is 11.3. The first kappa shape index (κ1) is 24.2. The van der Waals surface area contributed by atoms with Gasteiger partial charge >= 0.3 is 11.9 Å². The molecule has 4 rings (SSSR count). The van der Waals surface area contributed by atoms with Gasteiger partial charge in [0, 0.05) is 31.6 Å². The summed E-state index contributed by atoms with van der Waals surface area (Å²) in [6.45, 7) is 0.881. The molecule has 0 spiro atoms. The monoisotopic (exact) mass is 483 g/mol. The number of esters is 2. The van der Waals surface area contributed by atoms with Gasteiger partial charge in [-0.15, -0.1) is 0 Å². The highest BCUT2D eigenvalue weighted by atomic mass is 19.1. The van der Waals surface area contributed by atoms with Crippen molar-refractivity contribution in [2.24, 2.45) is 11.0 Å². The lowest BCUT2D eigenvalue weighted by atomic mass is 9.94. The van der Waals surface area contributed by atoms with Crippen molar-refractivity contribution in [3.05, 3.63) is 53.6 Å². The first-order chi connectivity index (χ1) is 16.9. The summed E-state index contributed by atoms with van der Waals surface area (Å²) in [6, 6.07) is 9.68. The van der Waals surface area contributed by atoms with Crippen LogP contribution in [0.15, 0.2) is 41.6 Å². The summed E-state index contributed by atoms with van der Waals surface area (Å²) in [5.41, 5.74) is 0.623. The van der Waals surface area contributed by atoms with Gasteiger partial charge in [0.05, 0.1) is 26.5 Å². The zero-order valence-electron chi connectivity index (χ0n) is 19.5. The standard InChI is InChI=1S/C24H26FN5O5/c1-34-22(32)19(23(33)35-2)20-17(25)14-26-24(28-20)29-12-9-16(10-13-29)21(31)30-18(8-11-27-30)15-6-4-3-5-7-15/h3-7,11,14,16,18-19H,8-10,12-13H2,1-2H3/t18-/m0/s1. The maximum atomic E-state index is 14.5. The van der Waals surface area contributed by atoms with E-state index in [1.807, 2.05) is 30.3 Å². The number of rotatable bonds is 6. The number of hydrogen-bond acceptors (Lipinski definition) is 9. The molecule has 0 unspecified atom stereocenters. The molecule has 2 aliphatic heterocycles. The van der Waals surface area contributed by atoms with Crippen LogP contribution in [-0.4, -0.2) is 66.3 Å². The van der Waals surface area contributed by atoms with Crippen molar-refractivity contribution < 1.29 is 28.2 Å². The van der Waals surface area contributed by atoms with Gasteiger partial charge in [0.1, 0.15) is 5.69 Å². The van der Waals surface area contributed by atoms with Gasteiger partial charge in [0.25, 0.3) is 0 Å². The first-order valence-electron chi connectivity index (χ1n) is 11.3. The fourth-order valence-electron chi connectivity index (χ4n) is 4.37. The number of nitrogens with zero attached hydrogens (tertiary/aromatic N) is 5. The number of piperidine rings is 1. The van der Waals surface area contributed by atoms with Crippen molar-refractivity contribution >= 4 is 30.0 Å². The molecular formula is C24H26FN5O5. The maximum Gasteiger partial charge on any atom is 0.326 e. The van der Waals surface area contributed by atoms with Crippen LogP contribution in [0.5, 0.6) is 0 Å². The lowest BCUT2D eigenvalue weighted by Crippen LogP contribution is -2.42. The van der Waals surface area contributed by atoms with E-state index in [1.165, 1.54) is 0 Å². The largest absolute Gasteiger partial charge is 0.468 e. The molecule has 0 saturated carbocycles. The summed E-state index contributed by atoms with van der Waals surface area (Å²) < 4.78 is 23.7. The number of hydrazone groups is 1. The highest BCUT2D eigenvalue weighted by Crippen LogP contribution is 2.32. The number of methoxy groups -OCH3 is 2. The fraction of sp³-hybridized carbons (Fsp3) is 0.417. The molecule has 1 atom stereocenters. The Balaban J connectivity index is 1.45. The molecule has 2 aliphatic rings. The molecule has 1 saturated heterocycles. The normalized spacial score (nSPS) is 18.1. The van der Waals surface area contributed by atoms with E-state index in [4.69, 9.17) is 0 Å². The molecule has 0 bridgehead atoms. The van der Waals surface area contributed by atoms with Crippen LogP contribution in [-0.2, 0) is 23.9 Å². The van der Waals surface area contributed by atoms with E-state index in [0.717, 1.165) is 26.0 Å². The van der Waals surface area contributed by atoms with Crippen molar-refractivity contribution in [3.8, 4) is 0 Å². The van der Waals surface area contributed by atoms with Crippen LogP contribution in [0, 0.1) is 11.7 Å². The van der Waals surface area contributed by atoms with Crippen LogP contribution in [0.2, 0.25) is 0 Å². The van der Waals surface area contributed by atoms with Crippen molar-refractivity contribution in [1.29, 1.82) is 0 Å². The Hall–Kier alpha value is -3.89. The Morgan fingerprint density at radius 1 is 1.06 bits per heavy atom. The molecule has 3 heterocycles. The van der Waals surface area contributed by atoms with Gasteiger partial charge in [0.15, 0.2) is 11.7 Å². The number of carbonyl (C=O) groups excluding carboxylic acids is 3. The summed E-state index contributed by atoms with van der Waals surface area (Å²) >= 11 is 0. The Kier molecular flexibility index (Phi) is 7.33. The minimum absolute atomic E-state index is 0.0376. The predicted molar refractivity (Wildman–Crippen MR) is 123 cm³/mol. The maximum absolute atomic E-state index is 14.5. The minimum atomic E-state index is -1.66. The van der Waals surface area contributed by atoms with Crippen LogP contribution >= 0.6 is 0 Å². The van der Waals surface area contributed by atoms with Crippen molar-refractivity contribution in [2.75, 3.05) is 32.2 Å². The van der Waals surface area contributed by atoms with E-state index in [-0.39, 0.29) is 23.8 Å². The third-order valence-corrected chi connectivity index (χ3v) is 6.27. The Labute approximate surface area is 201 Å². The molecule has 35 heavy (non-hydrogen) atoms. The molecule has 0 N–H and O–H groups in total. The molecule has 10 nitrogen and oxygen atoms in total. The van der Waals surface area contributed by atoms with Crippen LogP contribution in [0.1, 0.15) is 42.5 Å². The second-order valence-electron chi connectivity index (χ2n) is 8.29. The molecule has 1 aromatic carbocycles. The second-order valence-corrected chi connectivity index (χ2v) is 8.29. The SMILES string of the molecule is COC(=O)C(C(=O)OC)c1nc(N2CCC(C(=O)N3N=CC[C@H]3c3ccccc3)CC2)ncc1F. The van der Waals surface area contributed by atoms with Crippen LogP contribution in [0.25, 0.3) is 0 Å². The summed E-state index contributed by atoms with van der Waals surface area (Å²) in [5, 5.41) is 5.90. The Morgan fingerprint density at radius 3 is 2.34 bits per heavy atom. The van der Waals surface area contributed by atoms with Gasteiger partial charge in [-0.05, 0) is 18.4 Å². The third kappa shape index (κ3) is 4.98. The Bertz CT molecular complexity index is 1100. The quantitative estimate of drug-likeness (QED) is 0.454. The molecule has 1 fully saturated rings. The van der Waals surface area contributed by atoms with E-state index >= 15 is 0 Å². The number of ether oxygens (including phenoxy) is 2. The van der Waals surface area contributed by atoms with E-state index in [0.29, 0.717) is 32.4 Å². The summed E-state index contributed by atoms with van der Waals surface area (Å²) in [7, 11) is 2.18. The Morgan fingerprint density at radius 2 is 1.71 bits per heavy atom. The van der Waals surface area contributed by atoms with Crippen LogP contribution in [0.3, 0.4) is 0 Å². The number of anilines is 1. The highest BCUT2D eigenvalue weighted by Gasteiger charge is 2.37. The lowest BCUT2D eigenvalue weighted by molar-refractivity contribution is -0.154.